The number of carbonyl (C=O) groups is 1. The molecule has 132 valence electrons. The molecule has 0 fully saturated rings. The van der Waals surface area contributed by atoms with Crippen molar-refractivity contribution in [2.24, 2.45) is 0 Å². The number of hydrogen-bond acceptors (Lipinski definition) is 2. The Morgan fingerprint density at radius 1 is 0.769 bits per heavy atom. The number of rotatable bonds is 8. The average Bonchev–Trinajstić information content (AvgIpc) is 2.71. The van der Waals surface area contributed by atoms with Gasteiger partial charge >= 0.3 is 0 Å². The number of nitrogens with zero attached hydrogens (tertiary/aromatic N) is 1. The van der Waals surface area contributed by atoms with Crippen LogP contribution in [0, 0.1) is 0 Å². The van der Waals surface area contributed by atoms with Gasteiger partial charge in [0.15, 0.2) is 0 Å². The Morgan fingerprint density at radius 2 is 1.35 bits per heavy atom. The van der Waals surface area contributed by atoms with Crippen molar-refractivity contribution in [3.05, 3.63) is 96.6 Å². The third-order valence-electron chi connectivity index (χ3n) is 4.10. The fourth-order valence-corrected chi connectivity index (χ4v) is 2.76. The smallest absolute Gasteiger partial charge is 0.227 e. The van der Waals surface area contributed by atoms with Crippen molar-refractivity contribution >= 4 is 11.6 Å². The molecule has 3 aromatic rings. The van der Waals surface area contributed by atoms with Crippen LogP contribution in [-0.4, -0.2) is 12.5 Å². The summed E-state index contributed by atoms with van der Waals surface area (Å²) >= 11 is 0. The Bertz CT molecular complexity index is 788. The molecule has 3 nitrogen and oxygen atoms in total. The molecule has 0 saturated heterocycles. The summed E-state index contributed by atoms with van der Waals surface area (Å²) in [5, 5.41) is 0. The van der Waals surface area contributed by atoms with Crippen molar-refractivity contribution in [1.29, 1.82) is 0 Å². The molecule has 0 radical (unpaired) electrons. The van der Waals surface area contributed by atoms with Gasteiger partial charge in [-0.15, -0.1) is 0 Å². The number of benzene rings is 3. The Morgan fingerprint density at radius 3 is 2.00 bits per heavy atom. The predicted molar refractivity (Wildman–Crippen MR) is 105 cm³/mol. The molecule has 0 atom stereocenters. The number of hydrogen-bond donors (Lipinski definition) is 0. The van der Waals surface area contributed by atoms with Crippen LogP contribution < -0.4 is 9.64 Å². The van der Waals surface area contributed by atoms with Crippen LogP contribution in [0.2, 0.25) is 0 Å². The van der Waals surface area contributed by atoms with Crippen molar-refractivity contribution in [3.63, 3.8) is 0 Å². The lowest BCUT2D eigenvalue weighted by atomic mass is 10.1. The molecule has 0 aliphatic carbocycles. The fourth-order valence-electron chi connectivity index (χ4n) is 2.76. The van der Waals surface area contributed by atoms with E-state index in [9.17, 15) is 4.79 Å². The molecular formula is C23H23NO2. The van der Waals surface area contributed by atoms with Gasteiger partial charge in [-0.3, -0.25) is 4.79 Å². The molecule has 0 saturated carbocycles. The SMILES string of the molecule is O=C(CCCOc1ccccc1)N(Cc1ccccc1)c1ccccc1. The van der Waals surface area contributed by atoms with E-state index in [1.54, 1.807) is 0 Å². The van der Waals surface area contributed by atoms with Crippen LogP contribution in [0.1, 0.15) is 18.4 Å². The summed E-state index contributed by atoms with van der Waals surface area (Å²) in [5.74, 6) is 0.945. The van der Waals surface area contributed by atoms with Crippen molar-refractivity contribution in [1.82, 2.24) is 0 Å². The second-order valence-electron chi connectivity index (χ2n) is 6.07. The molecule has 0 spiro atoms. The van der Waals surface area contributed by atoms with Crippen LogP contribution >= 0.6 is 0 Å². The van der Waals surface area contributed by atoms with E-state index in [1.807, 2.05) is 95.9 Å². The quantitative estimate of drug-likeness (QED) is 0.533. The first kappa shape index (κ1) is 17.7. The molecule has 0 unspecified atom stereocenters. The highest BCUT2D eigenvalue weighted by atomic mass is 16.5. The monoisotopic (exact) mass is 345 g/mol. The van der Waals surface area contributed by atoms with Gasteiger partial charge in [0, 0.05) is 12.1 Å². The summed E-state index contributed by atoms with van der Waals surface area (Å²) < 4.78 is 5.69. The fraction of sp³-hybridized carbons (Fsp3) is 0.174. The molecule has 3 rings (SSSR count). The summed E-state index contributed by atoms with van der Waals surface area (Å²) in [6.45, 7) is 1.10. The van der Waals surface area contributed by atoms with Crippen LogP contribution in [0.5, 0.6) is 5.75 Å². The van der Waals surface area contributed by atoms with Crippen molar-refractivity contribution < 1.29 is 9.53 Å². The highest BCUT2D eigenvalue weighted by molar-refractivity contribution is 5.93. The van der Waals surface area contributed by atoms with Gasteiger partial charge in [0.1, 0.15) is 5.75 Å². The Hall–Kier alpha value is -3.07. The maximum absolute atomic E-state index is 12.8. The third kappa shape index (κ3) is 5.21. The number of ether oxygens (including phenoxy) is 1. The first-order valence-electron chi connectivity index (χ1n) is 8.90. The van der Waals surface area contributed by atoms with E-state index < -0.39 is 0 Å². The minimum atomic E-state index is 0.108. The van der Waals surface area contributed by atoms with E-state index in [0.29, 0.717) is 26.0 Å². The largest absolute Gasteiger partial charge is 0.494 e. The van der Waals surface area contributed by atoms with Crippen LogP contribution in [0.4, 0.5) is 5.69 Å². The zero-order valence-corrected chi connectivity index (χ0v) is 14.8. The standard InChI is InChI=1S/C23H23NO2/c25-23(17-10-18-26-22-15-8-3-9-16-22)24(21-13-6-2-7-14-21)19-20-11-4-1-5-12-20/h1-9,11-16H,10,17-19H2. The topological polar surface area (TPSA) is 29.5 Å². The first-order valence-corrected chi connectivity index (χ1v) is 8.90. The Kier molecular flexibility index (Phi) is 6.43. The van der Waals surface area contributed by atoms with E-state index in [2.05, 4.69) is 0 Å². The minimum Gasteiger partial charge on any atom is -0.494 e. The summed E-state index contributed by atoms with van der Waals surface area (Å²) in [6.07, 6.45) is 1.14. The maximum Gasteiger partial charge on any atom is 0.227 e. The van der Waals surface area contributed by atoms with Gasteiger partial charge in [0.25, 0.3) is 0 Å². The molecule has 1 amide bonds. The molecule has 0 heterocycles. The molecular weight excluding hydrogens is 322 g/mol. The maximum atomic E-state index is 12.8. The summed E-state index contributed by atoms with van der Waals surface area (Å²) in [4.78, 5) is 14.7. The highest BCUT2D eigenvalue weighted by Gasteiger charge is 2.15. The molecule has 26 heavy (non-hydrogen) atoms. The Balaban J connectivity index is 1.59. The molecule has 0 aromatic heterocycles. The van der Waals surface area contributed by atoms with E-state index in [-0.39, 0.29) is 5.91 Å². The molecule has 0 aliphatic rings. The average molecular weight is 345 g/mol. The van der Waals surface area contributed by atoms with Gasteiger partial charge in [-0.2, -0.15) is 0 Å². The lowest BCUT2D eigenvalue weighted by Gasteiger charge is -2.23. The van der Waals surface area contributed by atoms with Crippen molar-refractivity contribution in [3.8, 4) is 5.75 Å². The second kappa shape index (κ2) is 9.42. The molecule has 0 bridgehead atoms. The predicted octanol–water partition coefficient (Wildman–Crippen LogP) is 5.08. The minimum absolute atomic E-state index is 0.108. The van der Waals surface area contributed by atoms with Gasteiger partial charge in [0.05, 0.1) is 13.2 Å². The molecule has 3 heteroatoms. The lowest BCUT2D eigenvalue weighted by molar-refractivity contribution is -0.119. The third-order valence-corrected chi connectivity index (χ3v) is 4.10. The van der Waals surface area contributed by atoms with E-state index in [4.69, 9.17) is 4.74 Å². The van der Waals surface area contributed by atoms with Gasteiger partial charge < -0.3 is 9.64 Å². The molecule has 0 aliphatic heterocycles. The second-order valence-corrected chi connectivity index (χ2v) is 6.07. The lowest BCUT2D eigenvalue weighted by Crippen LogP contribution is -2.30. The van der Waals surface area contributed by atoms with E-state index >= 15 is 0 Å². The highest BCUT2D eigenvalue weighted by Crippen LogP contribution is 2.19. The zero-order chi connectivity index (χ0) is 18.0. The molecule has 0 N–H and O–H groups in total. The normalized spacial score (nSPS) is 10.3. The molecule has 3 aromatic carbocycles. The van der Waals surface area contributed by atoms with Crippen LogP contribution in [0.25, 0.3) is 0 Å². The van der Waals surface area contributed by atoms with Gasteiger partial charge in [-0.05, 0) is 36.2 Å². The van der Waals surface area contributed by atoms with Crippen molar-refractivity contribution in [2.75, 3.05) is 11.5 Å². The summed E-state index contributed by atoms with van der Waals surface area (Å²) in [7, 11) is 0. The van der Waals surface area contributed by atoms with E-state index in [0.717, 1.165) is 17.0 Å². The van der Waals surface area contributed by atoms with Gasteiger partial charge in [-0.25, -0.2) is 0 Å². The van der Waals surface area contributed by atoms with Crippen LogP contribution in [0.3, 0.4) is 0 Å². The Labute approximate surface area is 154 Å². The van der Waals surface area contributed by atoms with Crippen LogP contribution in [-0.2, 0) is 11.3 Å². The van der Waals surface area contributed by atoms with Gasteiger partial charge in [0.2, 0.25) is 5.91 Å². The van der Waals surface area contributed by atoms with Gasteiger partial charge in [-0.1, -0.05) is 66.7 Å². The van der Waals surface area contributed by atoms with Crippen LogP contribution in [0.15, 0.2) is 91.0 Å². The number of anilines is 1. The number of carbonyl (C=O) groups excluding carboxylic acids is 1. The zero-order valence-electron chi connectivity index (χ0n) is 14.8. The van der Waals surface area contributed by atoms with Crippen molar-refractivity contribution in [2.45, 2.75) is 19.4 Å². The number of amides is 1. The summed E-state index contributed by atoms with van der Waals surface area (Å²) in [6, 6.07) is 29.6. The summed E-state index contributed by atoms with van der Waals surface area (Å²) in [5.41, 5.74) is 2.04. The first-order chi connectivity index (χ1) is 12.8. The number of para-hydroxylation sites is 2. The van der Waals surface area contributed by atoms with E-state index in [1.165, 1.54) is 0 Å².